The Morgan fingerprint density at radius 3 is 2.53 bits per heavy atom. The summed E-state index contributed by atoms with van der Waals surface area (Å²) in [6, 6.07) is 23.5. The predicted octanol–water partition coefficient (Wildman–Crippen LogP) is 8.17. The van der Waals surface area contributed by atoms with Gasteiger partial charge in [0, 0.05) is 0 Å². The molecule has 6 rings (SSSR count). The van der Waals surface area contributed by atoms with Gasteiger partial charge in [-0.3, -0.25) is 0 Å². The Balaban J connectivity index is 1.56. The first-order chi connectivity index (χ1) is 14.3. The number of fused-ring (bicyclic) bond motifs is 6. The fourth-order valence-corrected chi connectivity index (χ4v) is 27.8. The molecule has 0 spiro atoms. The molecule has 0 radical (unpaired) electrons. The van der Waals surface area contributed by atoms with Crippen molar-refractivity contribution in [3.8, 4) is 11.1 Å². The SMILES string of the molecule is [SH][Zr]([Cl])([Cl])([C]1=C(Br)SC2=Cc3ccccc3C21)[c]1cccc2c1Cc1ccccc1-2. The van der Waals surface area contributed by atoms with Gasteiger partial charge in [-0.15, -0.1) is 0 Å². The molecule has 0 amide bonds. The van der Waals surface area contributed by atoms with E-state index in [1.54, 1.807) is 11.8 Å². The van der Waals surface area contributed by atoms with Gasteiger partial charge in [-0.05, 0) is 0 Å². The van der Waals surface area contributed by atoms with Crippen molar-refractivity contribution in [1.29, 1.82) is 0 Å². The molecule has 6 heteroatoms. The molecular formula is C24H16BrCl2S2Zr. The van der Waals surface area contributed by atoms with Crippen molar-refractivity contribution in [1.82, 2.24) is 0 Å². The van der Waals surface area contributed by atoms with Crippen LogP contribution in [0.25, 0.3) is 17.2 Å². The summed E-state index contributed by atoms with van der Waals surface area (Å²) in [6.45, 7) is 0. The van der Waals surface area contributed by atoms with Crippen molar-refractivity contribution in [2.24, 2.45) is 0 Å². The quantitative estimate of drug-likeness (QED) is 0.224. The van der Waals surface area contributed by atoms with Crippen LogP contribution in [0.2, 0.25) is 0 Å². The number of allylic oxidation sites excluding steroid dienone is 2. The van der Waals surface area contributed by atoms with E-state index in [0.29, 0.717) is 0 Å². The molecule has 0 bridgehead atoms. The standard InChI is InChI=1S/C13H9.C11H6BrS.2ClH.H2S.Zr/c1-3-7-12-10(5-1)9-11-6-2-4-8-13(11)12;12-11-6-9-8-4-2-1-3-7(8)5-10(9)13-11;;;;/h1-5,7-8H,9H2;1-5,9H;2*1H;1H2;/q;;;;;+3/p-3. The molecule has 0 aromatic heterocycles. The maximum atomic E-state index is 7.59. The van der Waals surface area contributed by atoms with E-state index in [-0.39, 0.29) is 5.92 Å². The van der Waals surface area contributed by atoms with Crippen LogP contribution < -0.4 is 3.27 Å². The summed E-state index contributed by atoms with van der Waals surface area (Å²) in [7, 11) is 20.4. The number of benzene rings is 3. The summed E-state index contributed by atoms with van der Waals surface area (Å²) in [5.74, 6) is 0.0957. The first kappa shape index (κ1) is 20.4. The Kier molecular flexibility index (Phi) is 4.68. The van der Waals surface area contributed by atoms with E-state index in [0.717, 1.165) is 16.8 Å². The molecule has 0 N–H and O–H groups in total. The fourth-order valence-electron chi connectivity index (χ4n) is 5.07. The molecule has 149 valence electrons. The first-order valence-corrected chi connectivity index (χ1v) is 23.9. The number of hydrogen-bond acceptors (Lipinski definition) is 2. The van der Waals surface area contributed by atoms with E-state index in [2.05, 4.69) is 88.7 Å². The summed E-state index contributed by atoms with van der Waals surface area (Å²) in [6.07, 6.45) is 3.12. The number of thioether (sulfide) groups is 1. The first-order valence-electron chi connectivity index (χ1n) is 9.75. The molecule has 1 atom stereocenters. The molecular weight excluding hydrogens is 594 g/mol. The zero-order chi connectivity index (χ0) is 20.7. The number of rotatable bonds is 2. The Morgan fingerprint density at radius 1 is 0.933 bits per heavy atom. The van der Waals surface area contributed by atoms with Gasteiger partial charge in [-0.1, -0.05) is 0 Å². The third-order valence-electron chi connectivity index (χ3n) is 6.37. The molecule has 0 saturated carbocycles. The Labute approximate surface area is 200 Å². The molecule has 1 unspecified atom stereocenters. The van der Waals surface area contributed by atoms with Crippen molar-refractivity contribution in [3.63, 3.8) is 0 Å². The van der Waals surface area contributed by atoms with Gasteiger partial charge in [0.1, 0.15) is 0 Å². The van der Waals surface area contributed by atoms with Crippen LogP contribution in [0, 0.1) is 0 Å². The summed E-state index contributed by atoms with van der Waals surface area (Å²) in [5.41, 5.74) is 7.61. The Bertz CT molecular complexity index is 1320. The van der Waals surface area contributed by atoms with Crippen LogP contribution in [-0.4, -0.2) is 0 Å². The van der Waals surface area contributed by atoms with Gasteiger partial charge in [0.15, 0.2) is 0 Å². The molecule has 3 aliphatic rings. The third-order valence-corrected chi connectivity index (χ3v) is 24.3. The van der Waals surface area contributed by atoms with Crippen LogP contribution in [0.4, 0.5) is 0 Å². The van der Waals surface area contributed by atoms with Crippen molar-refractivity contribution in [2.45, 2.75) is 12.3 Å². The zero-order valence-electron chi connectivity index (χ0n) is 15.7. The molecule has 0 nitrogen and oxygen atoms in total. The molecule has 3 aromatic rings. The van der Waals surface area contributed by atoms with Crippen LogP contribution in [0.5, 0.6) is 0 Å². The third kappa shape index (κ3) is 2.84. The summed E-state index contributed by atoms with van der Waals surface area (Å²) >= 11 is 0.684. The maximum absolute atomic E-state index is 7.59. The number of hydrogen-bond donors (Lipinski definition) is 1. The number of halogens is 3. The number of thiol groups is 1. The van der Waals surface area contributed by atoms with Gasteiger partial charge in [-0.2, -0.15) is 0 Å². The molecule has 0 fully saturated rings. The van der Waals surface area contributed by atoms with Crippen LogP contribution in [-0.2, 0) is 21.4 Å². The van der Waals surface area contributed by atoms with Crippen molar-refractivity contribution < 1.29 is 14.9 Å². The molecule has 1 heterocycles. The van der Waals surface area contributed by atoms with Gasteiger partial charge in [0.25, 0.3) is 0 Å². The topological polar surface area (TPSA) is 0 Å². The van der Waals surface area contributed by atoms with Gasteiger partial charge < -0.3 is 0 Å². The minimum atomic E-state index is -4.88. The second-order valence-corrected chi connectivity index (χ2v) is 36.3. The Hall–Kier alpha value is -0.217. The zero-order valence-corrected chi connectivity index (χ0v) is 23.0. The molecule has 2 aliphatic carbocycles. The minimum absolute atomic E-state index is 0.0957. The van der Waals surface area contributed by atoms with Crippen LogP contribution in [0.3, 0.4) is 0 Å². The van der Waals surface area contributed by atoms with Gasteiger partial charge >= 0.3 is 203 Å². The van der Waals surface area contributed by atoms with Crippen LogP contribution in [0.15, 0.2) is 78.7 Å². The van der Waals surface area contributed by atoms with Crippen molar-refractivity contribution in [3.05, 3.63) is 101 Å². The monoisotopic (exact) mass is 607 g/mol. The van der Waals surface area contributed by atoms with Crippen LogP contribution in [0.1, 0.15) is 28.2 Å². The van der Waals surface area contributed by atoms with Crippen LogP contribution >= 0.6 is 54.1 Å². The Morgan fingerprint density at radius 2 is 1.67 bits per heavy atom. The van der Waals surface area contributed by atoms with E-state index in [1.165, 1.54) is 38.3 Å². The normalized spacial score (nSPS) is 20.2. The van der Waals surface area contributed by atoms with E-state index < -0.39 is 14.9 Å². The predicted molar refractivity (Wildman–Crippen MR) is 136 cm³/mol. The average Bonchev–Trinajstić information content (AvgIpc) is 3.35. The molecule has 3 aromatic carbocycles. The molecule has 1 aliphatic heterocycles. The molecule has 30 heavy (non-hydrogen) atoms. The second kappa shape index (κ2) is 6.89. The van der Waals surface area contributed by atoms with E-state index in [1.807, 2.05) is 0 Å². The van der Waals surface area contributed by atoms with E-state index in [4.69, 9.17) is 26.4 Å². The summed E-state index contributed by atoms with van der Waals surface area (Å²) in [4.78, 5) is 1.28. The van der Waals surface area contributed by atoms with Gasteiger partial charge in [0.2, 0.25) is 0 Å². The summed E-state index contributed by atoms with van der Waals surface area (Å²) in [5, 5.41) is 0. The van der Waals surface area contributed by atoms with Crippen molar-refractivity contribution in [2.75, 3.05) is 0 Å². The molecule has 0 saturated heterocycles. The fraction of sp³-hybridized carbons (Fsp3) is 0.0833. The van der Waals surface area contributed by atoms with E-state index in [9.17, 15) is 0 Å². The van der Waals surface area contributed by atoms with E-state index >= 15 is 0 Å². The van der Waals surface area contributed by atoms with Gasteiger partial charge in [-0.25, -0.2) is 0 Å². The van der Waals surface area contributed by atoms with Gasteiger partial charge in [0.05, 0.1) is 0 Å². The second-order valence-electron chi connectivity index (χ2n) is 8.03. The summed E-state index contributed by atoms with van der Waals surface area (Å²) < 4.78 is 3.18. The van der Waals surface area contributed by atoms with Crippen molar-refractivity contribution >= 4 is 63.5 Å². The average molecular weight is 611 g/mol.